The van der Waals surface area contributed by atoms with Gasteiger partial charge in [-0.2, -0.15) is 5.10 Å². The van der Waals surface area contributed by atoms with Gasteiger partial charge in [0.1, 0.15) is 11.2 Å². The fourth-order valence-corrected chi connectivity index (χ4v) is 4.93. The highest BCUT2D eigenvalue weighted by molar-refractivity contribution is 7.91. The van der Waals surface area contributed by atoms with Crippen LogP contribution in [0.1, 0.15) is 32.6 Å². The summed E-state index contributed by atoms with van der Waals surface area (Å²) in [6.45, 7) is 2.10. The van der Waals surface area contributed by atoms with Gasteiger partial charge in [0.2, 0.25) is 0 Å². The van der Waals surface area contributed by atoms with E-state index in [0.717, 1.165) is 5.56 Å². The van der Waals surface area contributed by atoms with Crippen LogP contribution in [0.2, 0.25) is 0 Å². The van der Waals surface area contributed by atoms with Crippen molar-refractivity contribution in [3.8, 4) is 0 Å². The van der Waals surface area contributed by atoms with E-state index in [1.54, 1.807) is 18.2 Å². The maximum absolute atomic E-state index is 13.1. The molecule has 9 heteroatoms. The Balaban J connectivity index is 1.66. The minimum absolute atomic E-state index is 0.135. The van der Waals surface area contributed by atoms with Crippen molar-refractivity contribution in [2.75, 3.05) is 5.32 Å². The van der Waals surface area contributed by atoms with E-state index in [-0.39, 0.29) is 22.8 Å². The number of sulfone groups is 1. The van der Waals surface area contributed by atoms with Crippen molar-refractivity contribution in [3.63, 3.8) is 0 Å². The Kier molecular flexibility index (Phi) is 4.48. The highest BCUT2D eigenvalue weighted by Crippen LogP contribution is 2.37. The number of halogens is 1. The molecule has 1 atom stereocenters. The molecule has 3 N–H and O–H groups in total. The van der Waals surface area contributed by atoms with Crippen LogP contribution in [0.3, 0.4) is 0 Å². The molecular formula is C19H17FN4O3S. The van der Waals surface area contributed by atoms with E-state index in [2.05, 4.69) is 20.8 Å². The number of carbonyl (C=O) groups excluding carboxylic acids is 1. The molecule has 1 amide bonds. The number of nitrogens with one attached hydrogen (secondary N) is 3. The summed E-state index contributed by atoms with van der Waals surface area (Å²) in [5.41, 5.74) is 2.05. The Morgan fingerprint density at radius 2 is 1.96 bits per heavy atom. The zero-order valence-corrected chi connectivity index (χ0v) is 15.7. The smallest absolute Gasteiger partial charge is 0.256 e. The number of benzene rings is 2. The minimum Gasteiger partial charge on any atom is -0.305 e. The maximum Gasteiger partial charge on any atom is 0.256 e. The summed E-state index contributed by atoms with van der Waals surface area (Å²) >= 11 is 0. The third-order valence-electron chi connectivity index (χ3n) is 4.58. The fraction of sp³-hybridized carbons (Fsp3) is 0.158. The number of hydrogen-bond donors (Lipinski definition) is 3. The molecule has 28 heavy (non-hydrogen) atoms. The summed E-state index contributed by atoms with van der Waals surface area (Å²) in [6.07, 6.45) is 0. The predicted molar refractivity (Wildman–Crippen MR) is 101 cm³/mol. The van der Waals surface area contributed by atoms with Crippen molar-refractivity contribution in [2.24, 2.45) is 0 Å². The lowest BCUT2D eigenvalue weighted by atomic mass is 10.2. The van der Waals surface area contributed by atoms with Gasteiger partial charge in [-0.25, -0.2) is 12.8 Å². The van der Waals surface area contributed by atoms with E-state index in [9.17, 15) is 17.6 Å². The highest BCUT2D eigenvalue weighted by atomic mass is 32.2. The SMILES string of the molecule is Cc1cccc(S(=O)(=O)C2NCc3[nH]nc(NC(=O)c4ccc(F)cc4)c32)c1. The topological polar surface area (TPSA) is 104 Å². The Bertz CT molecular complexity index is 1160. The van der Waals surface area contributed by atoms with Gasteiger partial charge < -0.3 is 5.32 Å². The Morgan fingerprint density at radius 1 is 1.21 bits per heavy atom. The van der Waals surface area contributed by atoms with Gasteiger partial charge in [-0.05, 0) is 48.9 Å². The molecule has 3 aromatic rings. The van der Waals surface area contributed by atoms with E-state index >= 15 is 0 Å². The van der Waals surface area contributed by atoms with E-state index in [0.29, 0.717) is 11.3 Å². The molecule has 2 heterocycles. The average molecular weight is 400 g/mol. The van der Waals surface area contributed by atoms with Gasteiger partial charge in [0, 0.05) is 12.1 Å². The van der Waals surface area contributed by atoms with Crippen LogP contribution in [-0.2, 0) is 16.4 Å². The molecule has 1 aromatic heterocycles. The number of H-pyrrole nitrogens is 1. The minimum atomic E-state index is -3.75. The molecule has 0 aliphatic carbocycles. The number of rotatable bonds is 4. The van der Waals surface area contributed by atoms with Gasteiger partial charge >= 0.3 is 0 Å². The molecule has 0 saturated heterocycles. The lowest BCUT2D eigenvalue weighted by molar-refractivity contribution is 0.102. The summed E-state index contributed by atoms with van der Waals surface area (Å²) < 4.78 is 39.3. The molecule has 7 nitrogen and oxygen atoms in total. The molecule has 4 rings (SSSR count). The summed E-state index contributed by atoms with van der Waals surface area (Å²) in [5.74, 6) is -0.825. The lowest BCUT2D eigenvalue weighted by Crippen LogP contribution is -2.24. The molecule has 1 aliphatic heterocycles. The van der Waals surface area contributed by atoms with E-state index < -0.39 is 26.9 Å². The van der Waals surface area contributed by atoms with Crippen LogP contribution >= 0.6 is 0 Å². The molecule has 2 aromatic carbocycles. The zero-order valence-electron chi connectivity index (χ0n) is 14.9. The quantitative estimate of drug-likeness (QED) is 0.625. The number of aryl methyl sites for hydroxylation is 1. The van der Waals surface area contributed by atoms with Crippen molar-refractivity contribution in [1.29, 1.82) is 0 Å². The highest BCUT2D eigenvalue weighted by Gasteiger charge is 2.39. The van der Waals surface area contributed by atoms with E-state index in [1.165, 1.54) is 24.3 Å². The number of hydrogen-bond acceptors (Lipinski definition) is 5. The number of amides is 1. The van der Waals surface area contributed by atoms with Crippen LogP contribution in [0, 0.1) is 12.7 Å². The van der Waals surface area contributed by atoms with Gasteiger partial charge in [-0.3, -0.25) is 15.2 Å². The van der Waals surface area contributed by atoms with Crippen molar-refractivity contribution >= 4 is 21.6 Å². The molecule has 0 spiro atoms. The third kappa shape index (κ3) is 3.19. The summed E-state index contributed by atoms with van der Waals surface area (Å²) in [7, 11) is -3.75. The standard InChI is InChI=1S/C19H17FN4O3S/c1-11-3-2-4-14(9-11)28(26,27)19-16-15(10-21-19)23-24-17(16)22-18(25)12-5-7-13(20)8-6-12/h2-9,19,21H,10H2,1H3,(H2,22,23,24,25). The van der Waals surface area contributed by atoms with Gasteiger partial charge in [0.25, 0.3) is 5.91 Å². The molecule has 0 bridgehead atoms. The number of carbonyl (C=O) groups is 1. The first kappa shape index (κ1) is 18.3. The molecule has 0 saturated carbocycles. The maximum atomic E-state index is 13.1. The van der Waals surface area contributed by atoms with E-state index in [4.69, 9.17) is 0 Å². The molecule has 1 aliphatic rings. The Morgan fingerprint density at radius 3 is 2.68 bits per heavy atom. The number of aromatic nitrogens is 2. The first-order chi connectivity index (χ1) is 13.4. The molecule has 0 fully saturated rings. The first-order valence-corrected chi connectivity index (χ1v) is 10.1. The predicted octanol–water partition coefficient (Wildman–Crippen LogP) is 2.69. The fourth-order valence-electron chi connectivity index (χ4n) is 3.17. The lowest BCUT2D eigenvalue weighted by Gasteiger charge is -2.15. The number of nitrogens with zero attached hydrogens (tertiary/aromatic N) is 1. The van der Waals surface area contributed by atoms with Gasteiger partial charge in [0.05, 0.1) is 16.2 Å². The second-order valence-electron chi connectivity index (χ2n) is 6.55. The van der Waals surface area contributed by atoms with Crippen LogP contribution in [0.5, 0.6) is 0 Å². The molecular weight excluding hydrogens is 383 g/mol. The molecule has 144 valence electrons. The monoisotopic (exact) mass is 400 g/mol. The molecule has 1 unspecified atom stereocenters. The van der Waals surface area contributed by atoms with Crippen molar-refractivity contribution in [2.45, 2.75) is 23.7 Å². The number of anilines is 1. The van der Waals surface area contributed by atoms with Gasteiger partial charge in [0.15, 0.2) is 15.7 Å². The Hall–Kier alpha value is -3.04. The largest absolute Gasteiger partial charge is 0.305 e. The second kappa shape index (κ2) is 6.84. The van der Waals surface area contributed by atoms with Crippen LogP contribution < -0.4 is 10.6 Å². The van der Waals surface area contributed by atoms with Gasteiger partial charge in [-0.1, -0.05) is 12.1 Å². The van der Waals surface area contributed by atoms with Gasteiger partial charge in [-0.15, -0.1) is 0 Å². The second-order valence-corrected chi connectivity index (χ2v) is 8.58. The summed E-state index contributed by atoms with van der Waals surface area (Å²) in [4.78, 5) is 12.6. The normalized spacial score (nSPS) is 16.0. The number of fused-ring (bicyclic) bond motifs is 1. The van der Waals surface area contributed by atoms with Crippen LogP contribution in [0.25, 0.3) is 0 Å². The number of aromatic amines is 1. The van der Waals surface area contributed by atoms with Crippen molar-refractivity contribution in [1.82, 2.24) is 15.5 Å². The van der Waals surface area contributed by atoms with Crippen molar-refractivity contribution in [3.05, 3.63) is 76.7 Å². The van der Waals surface area contributed by atoms with E-state index in [1.807, 2.05) is 13.0 Å². The molecule has 0 radical (unpaired) electrons. The third-order valence-corrected chi connectivity index (χ3v) is 6.51. The average Bonchev–Trinajstić information content (AvgIpc) is 3.25. The van der Waals surface area contributed by atoms with Crippen molar-refractivity contribution < 1.29 is 17.6 Å². The zero-order chi connectivity index (χ0) is 19.9. The first-order valence-electron chi connectivity index (χ1n) is 8.54. The summed E-state index contributed by atoms with van der Waals surface area (Å²) in [6, 6.07) is 11.7. The van der Waals surface area contributed by atoms with Crippen LogP contribution in [0.4, 0.5) is 10.2 Å². The summed E-state index contributed by atoms with van der Waals surface area (Å²) in [5, 5.41) is 11.4. The Labute approximate surface area is 160 Å². The van der Waals surface area contributed by atoms with Crippen LogP contribution in [-0.4, -0.2) is 24.5 Å². The van der Waals surface area contributed by atoms with Crippen LogP contribution in [0.15, 0.2) is 53.4 Å².